The van der Waals surface area contributed by atoms with Crippen LogP contribution in [0.25, 0.3) is 22.3 Å². The van der Waals surface area contributed by atoms with Crippen molar-refractivity contribution < 1.29 is 27.6 Å². The number of aromatic nitrogens is 2. The zero-order chi connectivity index (χ0) is 32.3. The first kappa shape index (κ1) is 31.7. The molecule has 5 rings (SSSR count). The van der Waals surface area contributed by atoms with Gasteiger partial charge < -0.3 is 9.47 Å². The van der Waals surface area contributed by atoms with Crippen molar-refractivity contribution in [3.63, 3.8) is 0 Å². The van der Waals surface area contributed by atoms with Crippen molar-refractivity contribution in [3.8, 4) is 22.9 Å². The van der Waals surface area contributed by atoms with Crippen LogP contribution in [0.2, 0.25) is 5.02 Å². The highest BCUT2D eigenvalue weighted by atomic mass is 79.9. The first-order valence-electron chi connectivity index (χ1n) is 13.2. The third-order valence-corrected chi connectivity index (χ3v) is 7.92. The summed E-state index contributed by atoms with van der Waals surface area (Å²) < 4.78 is 53.4. The molecule has 0 aliphatic carbocycles. The number of para-hydroxylation sites is 1. The molecule has 0 fully saturated rings. The molecule has 0 bridgehead atoms. The number of benzene rings is 4. The Morgan fingerprint density at radius 3 is 2.56 bits per heavy atom. The highest BCUT2D eigenvalue weighted by Crippen LogP contribution is 2.43. The number of non-ortho nitro benzene ring substituents is 1. The van der Waals surface area contributed by atoms with E-state index in [1.807, 2.05) is 0 Å². The number of rotatable bonds is 9. The average Bonchev–Trinajstić information content (AvgIpc) is 3.02. The smallest absolute Gasteiger partial charge is 0.416 e. The van der Waals surface area contributed by atoms with Gasteiger partial charge in [-0.15, -0.1) is 0 Å². The molecule has 5 aromatic rings. The molecule has 0 N–H and O–H groups in total. The number of hydrogen-bond acceptors (Lipinski definition) is 7. The van der Waals surface area contributed by atoms with Crippen LogP contribution in [0.5, 0.6) is 11.5 Å². The average molecular weight is 702 g/mol. The van der Waals surface area contributed by atoms with E-state index in [9.17, 15) is 28.1 Å². The van der Waals surface area contributed by atoms with Crippen LogP contribution >= 0.6 is 27.5 Å². The van der Waals surface area contributed by atoms with Crippen molar-refractivity contribution in [1.82, 2.24) is 9.66 Å². The molecule has 0 radical (unpaired) electrons. The maximum Gasteiger partial charge on any atom is 0.416 e. The van der Waals surface area contributed by atoms with Crippen molar-refractivity contribution in [1.29, 1.82) is 0 Å². The topological polar surface area (TPSA) is 109 Å². The molecule has 0 unspecified atom stereocenters. The molecule has 0 spiro atoms. The monoisotopic (exact) mass is 700 g/mol. The van der Waals surface area contributed by atoms with Gasteiger partial charge in [0, 0.05) is 27.7 Å². The summed E-state index contributed by atoms with van der Waals surface area (Å²) in [4.78, 5) is 28.7. The van der Waals surface area contributed by atoms with Gasteiger partial charge in [0.2, 0.25) is 0 Å². The summed E-state index contributed by atoms with van der Waals surface area (Å²) in [5.74, 6) is 0.271. The Hall–Kier alpha value is -4.75. The lowest BCUT2D eigenvalue weighted by molar-refractivity contribution is -0.384. The van der Waals surface area contributed by atoms with E-state index in [4.69, 9.17) is 21.1 Å². The molecule has 1 aromatic heterocycles. The molecule has 1 heterocycles. The second kappa shape index (κ2) is 13.1. The second-order valence-corrected chi connectivity index (χ2v) is 10.6. The lowest BCUT2D eigenvalue weighted by atomic mass is 10.1. The third kappa shape index (κ3) is 6.84. The number of halogens is 5. The summed E-state index contributed by atoms with van der Waals surface area (Å²) in [5.41, 5.74) is -0.418. The summed E-state index contributed by atoms with van der Waals surface area (Å²) in [6, 6.07) is 18.4. The molecule has 0 saturated heterocycles. The Balaban J connectivity index is 1.58. The zero-order valence-corrected chi connectivity index (χ0v) is 25.6. The Bertz CT molecular complexity index is 2020. The second-order valence-electron chi connectivity index (χ2n) is 9.46. The van der Waals surface area contributed by atoms with Crippen LogP contribution in [0, 0.1) is 10.1 Å². The van der Waals surface area contributed by atoms with E-state index >= 15 is 0 Å². The molecular weight excluding hydrogens is 681 g/mol. The van der Waals surface area contributed by atoms with E-state index in [1.165, 1.54) is 36.5 Å². The van der Waals surface area contributed by atoms with E-state index in [1.54, 1.807) is 43.3 Å². The zero-order valence-electron chi connectivity index (χ0n) is 23.2. The summed E-state index contributed by atoms with van der Waals surface area (Å²) in [6.07, 6.45) is -3.32. The first-order valence-corrected chi connectivity index (χ1v) is 14.4. The van der Waals surface area contributed by atoms with Crippen LogP contribution in [0.1, 0.15) is 23.6 Å². The summed E-state index contributed by atoms with van der Waals surface area (Å²) >= 11 is 10.1. The minimum atomic E-state index is -4.61. The number of hydrogen-bond donors (Lipinski definition) is 0. The minimum Gasteiger partial charge on any atom is -0.490 e. The highest BCUT2D eigenvalue weighted by Gasteiger charge is 2.31. The first-order chi connectivity index (χ1) is 21.5. The van der Waals surface area contributed by atoms with Crippen molar-refractivity contribution in [2.45, 2.75) is 19.7 Å². The number of fused-ring (bicyclic) bond motifs is 1. The quantitative estimate of drug-likeness (QED) is 0.0870. The van der Waals surface area contributed by atoms with E-state index in [2.05, 4.69) is 26.0 Å². The molecule has 230 valence electrons. The van der Waals surface area contributed by atoms with E-state index in [0.717, 1.165) is 16.8 Å². The largest absolute Gasteiger partial charge is 0.490 e. The number of nitro benzene ring substituents is 1. The predicted molar refractivity (Wildman–Crippen MR) is 167 cm³/mol. The number of nitrogens with zero attached hydrogens (tertiary/aromatic N) is 4. The van der Waals surface area contributed by atoms with Crippen molar-refractivity contribution in [2.75, 3.05) is 6.61 Å². The van der Waals surface area contributed by atoms with Gasteiger partial charge in [-0.2, -0.15) is 22.9 Å². The molecule has 14 heteroatoms. The van der Waals surface area contributed by atoms with Gasteiger partial charge in [-0.1, -0.05) is 48.0 Å². The van der Waals surface area contributed by atoms with Crippen LogP contribution in [-0.2, 0) is 12.8 Å². The fourth-order valence-corrected chi connectivity index (χ4v) is 5.04. The van der Waals surface area contributed by atoms with Gasteiger partial charge in [0.25, 0.3) is 11.2 Å². The van der Waals surface area contributed by atoms with Crippen LogP contribution < -0.4 is 15.0 Å². The molecule has 4 aromatic carbocycles. The number of ether oxygens (including phenoxy) is 2. The fourth-order valence-electron chi connectivity index (χ4n) is 4.38. The standard InChI is InChI=1S/C31H21BrClF3N4O5/c1-2-44-25-15-20(26(32)27(33)28(25)45-17-18-7-5-10-22(13-18)40(42)43)16-37-39-29(19-8-6-9-21(14-19)31(34,35)36)38-24-12-4-3-11-23(24)30(39)41/h3-16H,2,17H2,1H3. The molecule has 0 atom stereocenters. The van der Waals surface area contributed by atoms with E-state index < -0.39 is 22.2 Å². The lowest BCUT2D eigenvalue weighted by Crippen LogP contribution is -2.20. The van der Waals surface area contributed by atoms with Crippen LogP contribution in [-0.4, -0.2) is 27.4 Å². The Morgan fingerprint density at radius 1 is 1.07 bits per heavy atom. The molecule has 45 heavy (non-hydrogen) atoms. The minimum absolute atomic E-state index is 0.0295. The number of nitro groups is 1. The van der Waals surface area contributed by atoms with Crippen molar-refractivity contribution in [2.24, 2.45) is 5.10 Å². The normalized spacial score (nSPS) is 11.7. The fraction of sp³-hybridized carbons (Fsp3) is 0.129. The SMILES string of the molecule is CCOc1cc(C=Nn2c(-c3cccc(C(F)(F)F)c3)nc3ccccc3c2=O)c(Br)c(Cl)c1OCc1cccc([N+](=O)[O-])c1. The molecule has 0 aliphatic rings. The third-order valence-electron chi connectivity index (χ3n) is 6.47. The maximum atomic E-state index is 13.5. The van der Waals surface area contributed by atoms with E-state index in [0.29, 0.717) is 15.6 Å². The Labute approximate surface area is 266 Å². The van der Waals surface area contributed by atoms with Gasteiger partial charge in [-0.3, -0.25) is 14.9 Å². The van der Waals surface area contributed by atoms with Crippen LogP contribution in [0.3, 0.4) is 0 Å². The summed E-state index contributed by atoms with van der Waals surface area (Å²) in [5, 5.41) is 15.8. The van der Waals surface area contributed by atoms with Crippen molar-refractivity contribution in [3.05, 3.63) is 126 Å². The van der Waals surface area contributed by atoms with Crippen molar-refractivity contribution >= 4 is 50.3 Å². The molecular formula is C31H21BrClF3N4O5. The maximum absolute atomic E-state index is 13.5. The molecule has 9 nitrogen and oxygen atoms in total. The lowest BCUT2D eigenvalue weighted by Gasteiger charge is -2.16. The molecule has 0 aliphatic heterocycles. The van der Waals surface area contributed by atoms with Crippen LogP contribution in [0.4, 0.5) is 18.9 Å². The Kier molecular flexibility index (Phi) is 9.21. The molecule has 0 saturated carbocycles. The summed E-state index contributed by atoms with van der Waals surface area (Å²) in [7, 11) is 0. The number of alkyl halides is 3. The highest BCUT2D eigenvalue weighted by molar-refractivity contribution is 9.10. The van der Waals surface area contributed by atoms with Gasteiger partial charge in [-0.25, -0.2) is 4.98 Å². The van der Waals surface area contributed by atoms with Crippen LogP contribution in [0.15, 0.2) is 93.2 Å². The molecule has 0 amide bonds. The Morgan fingerprint density at radius 2 is 1.82 bits per heavy atom. The van der Waals surface area contributed by atoms with Gasteiger partial charge in [0.1, 0.15) is 11.6 Å². The van der Waals surface area contributed by atoms with Gasteiger partial charge in [0.05, 0.1) is 34.2 Å². The predicted octanol–water partition coefficient (Wildman–Crippen LogP) is 8.27. The van der Waals surface area contributed by atoms with Gasteiger partial charge in [0.15, 0.2) is 17.3 Å². The summed E-state index contributed by atoms with van der Waals surface area (Å²) in [6.45, 7) is 1.92. The van der Waals surface area contributed by atoms with Gasteiger partial charge in [-0.05, 0) is 58.7 Å². The van der Waals surface area contributed by atoms with E-state index in [-0.39, 0.29) is 57.7 Å². The van der Waals surface area contributed by atoms with Gasteiger partial charge >= 0.3 is 6.18 Å².